The van der Waals surface area contributed by atoms with Crippen LogP contribution < -0.4 is 5.43 Å². The Hall–Kier alpha value is -2.96. The molecule has 7 heteroatoms. The van der Waals surface area contributed by atoms with Crippen molar-refractivity contribution < 1.29 is 9.32 Å². The standard InChI is InChI=1S/C21H24N4O3/c1-13(2)20-22-21(28-23-20)17-9-6-10-24(17)19(27)12-25-14(3)11-18(26)15-7-4-5-8-16(15)25/h4-5,7-8,11,13,17H,6,9-10,12H2,1-3H3/t17-/m0/s1. The van der Waals surface area contributed by atoms with Gasteiger partial charge in [0, 0.05) is 29.6 Å². The lowest BCUT2D eigenvalue weighted by Crippen LogP contribution is -2.34. The number of hydrogen-bond donors (Lipinski definition) is 0. The minimum Gasteiger partial charge on any atom is -0.337 e. The molecule has 1 fully saturated rings. The highest BCUT2D eigenvalue weighted by Gasteiger charge is 2.34. The number of carbonyl (C=O) groups excluding carboxylic acids is 1. The Kier molecular flexibility index (Phi) is 4.75. The molecule has 0 aliphatic carbocycles. The molecule has 0 bridgehead atoms. The number of benzene rings is 1. The van der Waals surface area contributed by atoms with Crippen molar-refractivity contribution in [3.63, 3.8) is 0 Å². The van der Waals surface area contributed by atoms with Crippen molar-refractivity contribution in [2.75, 3.05) is 6.54 Å². The summed E-state index contributed by atoms with van der Waals surface area (Å²) in [5.41, 5.74) is 1.52. The van der Waals surface area contributed by atoms with Gasteiger partial charge in [0.15, 0.2) is 11.3 Å². The van der Waals surface area contributed by atoms with Crippen LogP contribution in [0.4, 0.5) is 0 Å². The smallest absolute Gasteiger partial charge is 0.249 e. The fourth-order valence-electron chi connectivity index (χ4n) is 3.83. The number of likely N-dealkylation sites (tertiary alicyclic amines) is 1. The summed E-state index contributed by atoms with van der Waals surface area (Å²) in [6, 6.07) is 8.80. The summed E-state index contributed by atoms with van der Waals surface area (Å²) in [6.45, 7) is 6.72. The van der Waals surface area contributed by atoms with E-state index >= 15 is 0 Å². The molecule has 1 atom stereocenters. The van der Waals surface area contributed by atoms with Crippen LogP contribution in [0.1, 0.15) is 56.1 Å². The van der Waals surface area contributed by atoms with Gasteiger partial charge in [-0.2, -0.15) is 4.98 Å². The fourth-order valence-corrected chi connectivity index (χ4v) is 3.83. The monoisotopic (exact) mass is 380 g/mol. The Balaban J connectivity index is 1.63. The molecule has 1 aliphatic rings. The molecule has 1 aliphatic heterocycles. The summed E-state index contributed by atoms with van der Waals surface area (Å²) < 4.78 is 7.35. The number of pyridine rings is 1. The van der Waals surface area contributed by atoms with Gasteiger partial charge in [-0.25, -0.2) is 0 Å². The van der Waals surface area contributed by atoms with E-state index in [2.05, 4.69) is 10.1 Å². The van der Waals surface area contributed by atoms with Gasteiger partial charge in [-0.05, 0) is 31.9 Å². The molecule has 0 saturated carbocycles. The highest BCUT2D eigenvalue weighted by molar-refractivity contribution is 5.83. The van der Waals surface area contributed by atoms with Crippen molar-refractivity contribution in [2.24, 2.45) is 0 Å². The summed E-state index contributed by atoms with van der Waals surface area (Å²) in [7, 11) is 0. The van der Waals surface area contributed by atoms with Crippen LogP contribution in [0.5, 0.6) is 0 Å². The normalized spacial score (nSPS) is 17.0. The van der Waals surface area contributed by atoms with Crippen LogP contribution in [0.3, 0.4) is 0 Å². The van der Waals surface area contributed by atoms with Gasteiger partial charge >= 0.3 is 0 Å². The molecule has 0 radical (unpaired) electrons. The summed E-state index contributed by atoms with van der Waals surface area (Å²) >= 11 is 0. The number of amides is 1. The van der Waals surface area contributed by atoms with Crippen LogP contribution in [0.15, 0.2) is 39.6 Å². The average Bonchev–Trinajstić information content (AvgIpc) is 3.34. The Morgan fingerprint density at radius 3 is 2.86 bits per heavy atom. The molecule has 28 heavy (non-hydrogen) atoms. The largest absolute Gasteiger partial charge is 0.337 e. The van der Waals surface area contributed by atoms with Crippen molar-refractivity contribution in [3.05, 3.63) is 58.0 Å². The second-order valence-electron chi connectivity index (χ2n) is 7.64. The van der Waals surface area contributed by atoms with Crippen LogP contribution in [0, 0.1) is 6.92 Å². The second kappa shape index (κ2) is 7.22. The molecular weight excluding hydrogens is 356 g/mol. The van der Waals surface area contributed by atoms with Gasteiger partial charge in [-0.1, -0.05) is 31.1 Å². The number of para-hydroxylation sites is 1. The number of hydrogen-bond acceptors (Lipinski definition) is 5. The molecule has 1 aromatic carbocycles. The zero-order chi connectivity index (χ0) is 19.8. The van der Waals surface area contributed by atoms with E-state index < -0.39 is 0 Å². The van der Waals surface area contributed by atoms with E-state index in [1.165, 1.54) is 0 Å². The molecule has 2 aromatic heterocycles. The Morgan fingerprint density at radius 1 is 1.32 bits per heavy atom. The zero-order valence-corrected chi connectivity index (χ0v) is 16.4. The number of aromatic nitrogens is 3. The minimum absolute atomic E-state index is 0.0105. The summed E-state index contributed by atoms with van der Waals surface area (Å²) in [4.78, 5) is 31.7. The van der Waals surface area contributed by atoms with Crippen LogP contribution in [-0.4, -0.2) is 32.1 Å². The molecule has 3 aromatic rings. The quantitative estimate of drug-likeness (QED) is 0.694. The Bertz CT molecular complexity index is 1080. The lowest BCUT2D eigenvalue weighted by molar-refractivity contribution is -0.133. The minimum atomic E-state index is -0.182. The molecule has 1 saturated heterocycles. The first kappa shape index (κ1) is 18.4. The van der Waals surface area contributed by atoms with Crippen molar-refractivity contribution in [2.45, 2.75) is 52.1 Å². The lowest BCUT2D eigenvalue weighted by Gasteiger charge is -2.24. The van der Waals surface area contributed by atoms with Gasteiger partial charge in [0.05, 0.1) is 5.52 Å². The molecule has 0 N–H and O–H groups in total. The third kappa shape index (κ3) is 3.21. The molecule has 0 unspecified atom stereocenters. The van der Waals surface area contributed by atoms with E-state index in [0.717, 1.165) is 24.1 Å². The highest BCUT2D eigenvalue weighted by Crippen LogP contribution is 2.32. The van der Waals surface area contributed by atoms with Crippen LogP contribution in [-0.2, 0) is 11.3 Å². The molecule has 1 amide bonds. The average molecular weight is 380 g/mol. The van der Waals surface area contributed by atoms with Gasteiger partial charge in [0.1, 0.15) is 12.6 Å². The third-order valence-corrected chi connectivity index (χ3v) is 5.35. The number of rotatable bonds is 4. The molecule has 4 rings (SSSR count). The fraction of sp³-hybridized carbons (Fsp3) is 0.429. The molecule has 0 spiro atoms. The maximum atomic E-state index is 13.2. The number of fused-ring (bicyclic) bond motifs is 1. The van der Waals surface area contributed by atoms with Gasteiger partial charge in [0.25, 0.3) is 0 Å². The SMILES string of the molecule is Cc1cc(=O)c2ccccc2n1CC(=O)N1CCC[C@H]1c1nc(C(C)C)no1. The van der Waals surface area contributed by atoms with Crippen LogP contribution >= 0.6 is 0 Å². The lowest BCUT2D eigenvalue weighted by atomic mass is 10.1. The van der Waals surface area contributed by atoms with E-state index in [1.807, 2.05) is 48.4 Å². The number of carbonyl (C=O) groups is 1. The molecule has 146 valence electrons. The van der Waals surface area contributed by atoms with Crippen molar-refractivity contribution >= 4 is 16.8 Å². The van der Waals surface area contributed by atoms with Crippen molar-refractivity contribution in [1.29, 1.82) is 0 Å². The second-order valence-corrected chi connectivity index (χ2v) is 7.64. The predicted octanol–water partition coefficient (Wildman–Crippen LogP) is 3.18. The number of aryl methyl sites for hydroxylation is 1. The number of nitrogens with zero attached hydrogens (tertiary/aromatic N) is 4. The van der Waals surface area contributed by atoms with Gasteiger partial charge in [-0.15, -0.1) is 0 Å². The van der Waals surface area contributed by atoms with E-state index in [-0.39, 0.29) is 29.8 Å². The summed E-state index contributed by atoms with van der Waals surface area (Å²) in [5.74, 6) is 1.34. The summed E-state index contributed by atoms with van der Waals surface area (Å²) in [6.07, 6.45) is 1.72. The van der Waals surface area contributed by atoms with E-state index in [9.17, 15) is 9.59 Å². The first-order valence-electron chi connectivity index (χ1n) is 9.68. The van der Waals surface area contributed by atoms with E-state index in [1.54, 1.807) is 12.1 Å². The van der Waals surface area contributed by atoms with Crippen molar-refractivity contribution in [1.82, 2.24) is 19.6 Å². The molecular formula is C21H24N4O3. The van der Waals surface area contributed by atoms with Crippen LogP contribution in [0.25, 0.3) is 10.9 Å². The summed E-state index contributed by atoms with van der Waals surface area (Å²) in [5, 5.41) is 4.66. The first-order chi connectivity index (χ1) is 13.5. The highest BCUT2D eigenvalue weighted by atomic mass is 16.5. The molecule has 3 heterocycles. The van der Waals surface area contributed by atoms with E-state index in [4.69, 9.17) is 4.52 Å². The van der Waals surface area contributed by atoms with E-state index in [0.29, 0.717) is 23.6 Å². The predicted molar refractivity (Wildman–Crippen MR) is 105 cm³/mol. The first-order valence-corrected chi connectivity index (χ1v) is 9.68. The van der Waals surface area contributed by atoms with Gasteiger partial charge in [-0.3, -0.25) is 9.59 Å². The Labute approximate surface area is 163 Å². The van der Waals surface area contributed by atoms with Gasteiger partial charge < -0.3 is 14.0 Å². The maximum Gasteiger partial charge on any atom is 0.249 e. The van der Waals surface area contributed by atoms with Gasteiger partial charge in [0.2, 0.25) is 11.8 Å². The van der Waals surface area contributed by atoms with Crippen LogP contribution in [0.2, 0.25) is 0 Å². The maximum absolute atomic E-state index is 13.2. The van der Waals surface area contributed by atoms with Crippen molar-refractivity contribution in [3.8, 4) is 0 Å². The third-order valence-electron chi connectivity index (χ3n) is 5.35. The zero-order valence-electron chi connectivity index (χ0n) is 16.4. The topological polar surface area (TPSA) is 81.2 Å². The Morgan fingerprint density at radius 2 is 2.11 bits per heavy atom. The molecule has 7 nitrogen and oxygen atoms in total.